The summed E-state index contributed by atoms with van der Waals surface area (Å²) < 4.78 is 1.39. The molecule has 2 N–H and O–H groups in total. The van der Waals surface area contributed by atoms with Gasteiger partial charge in [-0.25, -0.2) is 9.36 Å². The summed E-state index contributed by atoms with van der Waals surface area (Å²) in [6.07, 6.45) is 12.8. The number of nitrogens with zero attached hydrogens (tertiary/aromatic N) is 3. The summed E-state index contributed by atoms with van der Waals surface area (Å²) in [4.78, 5) is 25.3. The second-order valence-electron chi connectivity index (χ2n) is 10.4. The van der Waals surface area contributed by atoms with E-state index in [0.29, 0.717) is 5.16 Å². The molecule has 0 atom stereocenters. The normalized spacial score (nSPS) is 11.4. The summed E-state index contributed by atoms with van der Waals surface area (Å²) in [5, 5.41) is 14.6. The van der Waals surface area contributed by atoms with Crippen molar-refractivity contribution in [3.8, 4) is 0 Å². The molecule has 2 aromatic rings. The Balaban J connectivity index is 1.90. The van der Waals surface area contributed by atoms with Crippen LogP contribution in [0.5, 0.6) is 0 Å². The molecule has 0 radical (unpaired) electrons. The number of urea groups is 1. The fraction of sp³-hybridized carbons (Fsp3) is 0.655. The zero-order chi connectivity index (χ0) is 27.2. The van der Waals surface area contributed by atoms with Crippen molar-refractivity contribution in [1.82, 2.24) is 14.8 Å². The van der Waals surface area contributed by atoms with Gasteiger partial charge >= 0.3 is 6.03 Å². The SMILES string of the molecule is CCCCCCCCCCCCSc1nnc(NC(=O)Nc2c(C(C)C)cccc2C(C)C)n1C(C)=O. The van der Waals surface area contributed by atoms with Gasteiger partial charge in [0.15, 0.2) is 5.16 Å². The van der Waals surface area contributed by atoms with E-state index in [1.165, 1.54) is 81.0 Å². The summed E-state index contributed by atoms with van der Waals surface area (Å²) in [5.41, 5.74) is 2.96. The van der Waals surface area contributed by atoms with Gasteiger partial charge in [0.2, 0.25) is 11.9 Å². The van der Waals surface area contributed by atoms with Gasteiger partial charge in [0.1, 0.15) is 0 Å². The minimum Gasteiger partial charge on any atom is -0.307 e. The molecule has 0 fully saturated rings. The molecule has 0 aliphatic carbocycles. The second-order valence-corrected chi connectivity index (χ2v) is 11.5. The number of hydrogen-bond acceptors (Lipinski definition) is 5. The van der Waals surface area contributed by atoms with Crippen LogP contribution in [0.4, 0.5) is 16.4 Å². The lowest BCUT2D eigenvalue weighted by Crippen LogP contribution is -2.25. The zero-order valence-corrected chi connectivity index (χ0v) is 24.5. The molecule has 7 nitrogen and oxygen atoms in total. The van der Waals surface area contributed by atoms with Gasteiger partial charge in [-0.05, 0) is 29.4 Å². The van der Waals surface area contributed by atoms with Crippen molar-refractivity contribution in [3.63, 3.8) is 0 Å². The highest BCUT2D eigenvalue weighted by molar-refractivity contribution is 7.99. The quantitative estimate of drug-likeness (QED) is 0.167. The number of para-hydroxylation sites is 1. The van der Waals surface area contributed by atoms with Crippen LogP contribution >= 0.6 is 11.8 Å². The van der Waals surface area contributed by atoms with Crippen LogP contribution in [0, 0.1) is 0 Å². The molecule has 0 saturated carbocycles. The highest BCUT2D eigenvalue weighted by Crippen LogP contribution is 2.32. The summed E-state index contributed by atoms with van der Waals surface area (Å²) in [6, 6.07) is 5.66. The fourth-order valence-electron chi connectivity index (χ4n) is 4.42. The van der Waals surface area contributed by atoms with Crippen molar-refractivity contribution in [3.05, 3.63) is 29.3 Å². The molecule has 1 aromatic heterocycles. The molecule has 8 heteroatoms. The number of carbonyl (C=O) groups is 2. The minimum atomic E-state index is -0.434. The molecular formula is C29H47N5O2S. The van der Waals surface area contributed by atoms with Crippen LogP contribution in [-0.2, 0) is 0 Å². The molecule has 1 heterocycles. The van der Waals surface area contributed by atoms with Gasteiger partial charge in [0.25, 0.3) is 0 Å². The molecule has 2 amide bonds. The Bertz CT molecular complexity index is 960. The highest BCUT2D eigenvalue weighted by atomic mass is 32.2. The van der Waals surface area contributed by atoms with Crippen LogP contribution < -0.4 is 10.6 Å². The molecule has 1 aromatic carbocycles. The van der Waals surface area contributed by atoms with Crippen LogP contribution in [0.15, 0.2) is 23.4 Å². The Morgan fingerprint density at radius 3 is 1.89 bits per heavy atom. The molecular weight excluding hydrogens is 482 g/mol. The Labute approximate surface area is 228 Å². The highest BCUT2D eigenvalue weighted by Gasteiger charge is 2.20. The van der Waals surface area contributed by atoms with E-state index >= 15 is 0 Å². The lowest BCUT2D eigenvalue weighted by atomic mass is 9.93. The summed E-state index contributed by atoms with van der Waals surface area (Å²) in [5.74, 6) is 1.29. The van der Waals surface area contributed by atoms with E-state index in [1.807, 2.05) is 18.2 Å². The van der Waals surface area contributed by atoms with Crippen molar-refractivity contribution in [2.75, 3.05) is 16.4 Å². The largest absolute Gasteiger partial charge is 0.326 e. The first-order valence-corrected chi connectivity index (χ1v) is 15.0. The number of rotatable bonds is 16. The molecule has 0 aliphatic heterocycles. The third-order valence-corrected chi connectivity index (χ3v) is 7.53. The third kappa shape index (κ3) is 10.1. The zero-order valence-electron chi connectivity index (χ0n) is 23.7. The van der Waals surface area contributed by atoms with E-state index in [2.05, 4.69) is 55.4 Å². The average Bonchev–Trinajstić information content (AvgIpc) is 3.24. The van der Waals surface area contributed by atoms with Crippen molar-refractivity contribution in [1.29, 1.82) is 0 Å². The van der Waals surface area contributed by atoms with Crippen LogP contribution in [0.1, 0.15) is 134 Å². The van der Waals surface area contributed by atoms with E-state index < -0.39 is 6.03 Å². The predicted octanol–water partition coefficient (Wildman–Crippen LogP) is 8.84. The molecule has 0 saturated heterocycles. The molecule has 0 aliphatic rings. The van der Waals surface area contributed by atoms with Crippen molar-refractivity contribution in [2.24, 2.45) is 0 Å². The van der Waals surface area contributed by atoms with Gasteiger partial charge in [-0.15, -0.1) is 10.2 Å². The molecule has 0 bridgehead atoms. The minimum absolute atomic E-state index is 0.142. The summed E-state index contributed by atoms with van der Waals surface area (Å²) in [6.45, 7) is 12.1. The van der Waals surface area contributed by atoms with Crippen molar-refractivity contribution in [2.45, 2.75) is 123 Å². The monoisotopic (exact) mass is 529 g/mol. The van der Waals surface area contributed by atoms with E-state index in [1.54, 1.807) is 0 Å². The van der Waals surface area contributed by atoms with Crippen molar-refractivity contribution >= 4 is 35.3 Å². The Hall–Kier alpha value is -2.35. The number of thioether (sulfide) groups is 1. The van der Waals surface area contributed by atoms with Crippen LogP contribution in [0.2, 0.25) is 0 Å². The molecule has 2 rings (SSSR count). The smallest absolute Gasteiger partial charge is 0.307 e. The van der Waals surface area contributed by atoms with Gasteiger partial charge in [-0.1, -0.05) is 122 Å². The number of unbranched alkanes of at least 4 members (excludes halogenated alkanes) is 9. The third-order valence-electron chi connectivity index (χ3n) is 6.51. The number of carbonyl (C=O) groups excluding carboxylic acids is 2. The first-order valence-electron chi connectivity index (χ1n) is 14.1. The van der Waals surface area contributed by atoms with E-state index in [4.69, 9.17) is 0 Å². The van der Waals surface area contributed by atoms with Crippen LogP contribution in [0.3, 0.4) is 0 Å². The Morgan fingerprint density at radius 2 is 1.38 bits per heavy atom. The molecule has 206 valence electrons. The maximum atomic E-state index is 13.0. The second kappa shape index (κ2) is 16.5. The maximum Gasteiger partial charge on any atom is 0.326 e. The molecule has 0 spiro atoms. The Morgan fingerprint density at radius 1 is 0.838 bits per heavy atom. The van der Waals surface area contributed by atoms with Gasteiger partial charge in [0, 0.05) is 18.4 Å². The number of amides is 2. The van der Waals surface area contributed by atoms with Gasteiger partial charge in [0.05, 0.1) is 0 Å². The number of nitrogens with one attached hydrogen (secondary N) is 2. The van der Waals surface area contributed by atoms with E-state index in [0.717, 1.165) is 29.0 Å². The standard InChI is InChI=1S/C29H47N5O2S/c1-7-8-9-10-11-12-13-14-15-16-20-37-29-33-32-27(34(29)23(6)35)31-28(36)30-26-24(21(2)3)18-17-19-25(26)22(4)5/h17-19,21-22H,7-16,20H2,1-6H3,(H2,30,31,32,36). The maximum absolute atomic E-state index is 13.0. The lowest BCUT2D eigenvalue weighted by Gasteiger charge is -2.20. The first-order chi connectivity index (χ1) is 17.8. The van der Waals surface area contributed by atoms with E-state index in [9.17, 15) is 9.59 Å². The fourth-order valence-corrected chi connectivity index (χ4v) is 5.40. The van der Waals surface area contributed by atoms with Gasteiger partial charge in [-0.2, -0.15) is 0 Å². The van der Waals surface area contributed by atoms with Crippen molar-refractivity contribution < 1.29 is 9.59 Å². The first kappa shape index (κ1) is 30.9. The average molecular weight is 530 g/mol. The topological polar surface area (TPSA) is 88.9 Å². The number of aromatic nitrogens is 3. The molecule has 0 unspecified atom stereocenters. The van der Waals surface area contributed by atoms with Crippen LogP contribution in [0.25, 0.3) is 0 Å². The summed E-state index contributed by atoms with van der Waals surface area (Å²) in [7, 11) is 0. The van der Waals surface area contributed by atoms with Gasteiger partial charge < -0.3 is 5.32 Å². The molecule has 37 heavy (non-hydrogen) atoms. The predicted molar refractivity (Wildman–Crippen MR) is 156 cm³/mol. The van der Waals surface area contributed by atoms with Crippen LogP contribution in [-0.4, -0.2) is 32.5 Å². The van der Waals surface area contributed by atoms with E-state index in [-0.39, 0.29) is 23.7 Å². The number of benzene rings is 1. The lowest BCUT2D eigenvalue weighted by molar-refractivity contribution is 0.0929. The summed E-state index contributed by atoms with van der Waals surface area (Å²) >= 11 is 1.51. The Kier molecular flexibility index (Phi) is 13.8. The number of anilines is 2. The van der Waals surface area contributed by atoms with Gasteiger partial charge in [-0.3, -0.25) is 10.1 Å². The number of hydrogen-bond donors (Lipinski definition) is 2.